The Morgan fingerprint density at radius 2 is 2.00 bits per heavy atom. The maximum Gasteiger partial charge on any atom is 0.141 e. The van der Waals surface area contributed by atoms with E-state index in [9.17, 15) is 0 Å². The molecule has 0 radical (unpaired) electrons. The normalized spacial score (nSPS) is 9.89. The predicted octanol–water partition coefficient (Wildman–Crippen LogP) is 5.19. The minimum absolute atomic E-state index is 0.514. The predicted molar refractivity (Wildman–Crippen MR) is 89.3 cm³/mol. The SMILES string of the molecule is C=CCSC(=S)N(CC=C)c1ccc(Cl)c(Cl)c1. The highest BCUT2D eigenvalue weighted by molar-refractivity contribution is 8.23. The quantitative estimate of drug-likeness (QED) is 0.543. The van der Waals surface area contributed by atoms with Crippen LogP contribution in [-0.4, -0.2) is 16.6 Å². The summed E-state index contributed by atoms with van der Waals surface area (Å²) < 4.78 is 0.758. The van der Waals surface area contributed by atoms with Crippen LogP contribution in [0.1, 0.15) is 0 Å². The van der Waals surface area contributed by atoms with Gasteiger partial charge in [0.1, 0.15) is 4.32 Å². The van der Waals surface area contributed by atoms with Crippen molar-refractivity contribution in [2.45, 2.75) is 0 Å². The molecule has 0 fully saturated rings. The van der Waals surface area contributed by atoms with Gasteiger partial charge < -0.3 is 4.90 Å². The first kappa shape index (κ1) is 15.6. The molecule has 0 amide bonds. The topological polar surface area (TPSA) is 3.24 Å². The zero-order valence-corrected chi connectivity index (χ0v) is 12.9. The lowest BCUT2D eigenvalue weighted by atomic mass is 10.3. The van der Waals surface area contributed by atoms with Gasteiger partial charge in [0, 0.05) is 18.0 Å². The molecule has 0 unspecified atom stereocenters. The molecule has 1 aromatic rings. The average molecular weight is 318 g/mol. The van der Waals surface area contributed by atoms with Crippen LogP contribution in [0.4, 0.5) is 5.69 Å². The van der Waals surface area contributed by atoms with Crippen LogP contribution >= 0.6 is 47.2 Å². The Morgan fingerprint density at radius 3 is 2.56 bits per heavy atom. The van der Waals surface area contributed by atoms with E-state index in [1.807, 2.05) is 17.0 Å². The van der Waals surface area contributed by atoms with E-state index in [-0.39, 0.29) is 0 Å². The fourth-order valence-electron chi connectivity index (χ4n) is 1.28. The molecule has 0 aliphatic rings. The van der Waals surface area contributed by atoms with Crippen LogP contribution in [0.2, 0.25) is 10.0 Å². The number of hydrogen-bond donors (Lipinski definition) is 0. The second-order valence-electron chi connectivity index (χ2n) is 3.36. The molecule has 0 aromatic heterocycles. The van der Waals surface area contributed by atoms with Crippen LogP contribution in [0, 0.1) is 0 Å². The van der Waals surface area contributed by atoms with E-state index in [1.165, 1.54) is 0 Å². The van der Waals surface area contributed by atoms with Crippen molar-refractivity contribution < 1.29 is 0 Å². The molecule has 0 heterocycles. The summed E-state index contributed by atoms with van der Waals surface area (Å²) in [6.07, 6.45) is 3.61. The second kappa shape index (κ2) is 7.85. The van der Waals surface area contributed by atoms with Crippen molar-refractivity contribution in [2.75, 3.05) is 17.2 Å². The highest BCUT2D eigenvalue weighted by atomic mass is 35.5. The van der Waals surface area contributed by atoms with E-state index in [4.69, 9.17) is 35.4 Å². The molecule has 0 atom stereocenters. The van der Waals surface area contributed by atoms with E-state index in [0.29, 0.717) is 16.6 Å². The number of thiocarbonyl (C=S) groups is 1. The van der Waals surface area contributed by atoms with Crippen molar-refractivity contribution in [3.05, 3.63) is 53.6 Å². The summed E-state index contributed by atoms with van der Waals surface area (Å²) in [5.41, 5.74) is 0.908. The monoisotopic (exact) mass is 317 g/mol. The summed E-state index contributed by atoms with van der Waals surface area (Å²) in [5.74, 6) is 0.772. The van der Waals surface area contributed by atoms with Crippen LogP contribution < -0.4 is 4.90 Å². The summed E-state index contributed by atoms with van der Waals surface area (Å²) >= 11 is 18.8. The molecule has 0 aliphatic heterocycles. The van der Waals surface area contributed by atoms with E-state index in [1.54, 1.807) is 30.0 Å². The molecule has 0 spiro atoms. The summed E-state index contributed by atoms with van der Waals surface area (Å²) in [6, 6.07) is 5.45. The first-order valence-corrected chi connectivity index (χ1v) is 7.36. The Kier molecular flexibility index (Phi) is 6.79. The molecule has 1 nitrogen and oxygen atoms in total. The smallest absolute Gasteiger partial charge is 0.141 e. The average Bonchev–Trinajstić information content (AvgIpc) is 2.36. The molecule has 0 N–H and O–H groups in total. The van der Waals surface area contributed by atoms with Gasteiger partial charge in [-0.25, -0.2) is 0 Å². The highest BCUT2D eigenvalue weighted by Crippen LogP contribution is 2.28. The number of hydrogen-bond acceptors (Lipinski definition) is 2. The number of halogens is 2. The molecule has 18 heavy (non-hydrogen) atoms. The lowest BCUT2D eigenvalue weighted by Crippen LogP contribution is -2.27. The third-order valence-corrected chi connectivity index (χ3v) is 4.25. The van der Waals surface area contributed by atoms with Gasteiger partial charge in [0.15, 0.2) is 0 Å². The molecular formula is C13H13Cl2NS2. The van der Waals surface area contributed by atoms with Crippen molar-refractivity contribution >= 4 is 57.2 Å². The fourth-order valence-corrected chi connectivity index (χ4v) is 2.55. The highest BCUT2D eigenvalue weighted by Gasteiger charge is 2.12. The molecule has 96 valence electrons. The summed E-state index contributed by atoms with van der Waals surface area (Å²) in [4.78, 5) is 1.96. The molecule has 1 rings (SSSR count). The van der Waals surface area contributed by atoms with Crippen molar-refractivity contribution in [2.24, 2.45) is 0 Å². The van der Waals surface area contributed by atoms with Gasteiger partial charge in [0.25, 0.3) is 0 Å². The van der Waals surface area contributed by atoms with E-state index < -0.39 is 0 Å². The van der Waals surface area contributed by atoms with Gasteiger partial charge in [-0.3, -0.25) is 0 Å². The van der Waals surface area contributed by atoms with E-state index >= 15 is 0 Å². The molecule has 0 aliphatic carbocycles. The Morgan fingerprint density at radius 1 is 1.28 bits per heavy atom. The van der Waals surface area contributed by atoms with Gasteiger partial charge in [0.2, 0.25) is 0 Å². The minimum atomic E-state index is 0.514. The summed E-state index contributed by atoms with van der Waals surface area (Å²) in [7, 11) is 0. The molecule has 0 saturated heterocycles. The van der Waals surface area contributed by atoms with Crippen LogP contribution in [0.3, 0.4) is 0 Å². The van der Waals surface area contributed by atoms with Crippen LogP contribution in [0.15, 0.2) is 43.5 Å². The third kappa shape index (κ3) is 4.32. The van der Waals surface area contributed by atoms with Gasteiger partial charge in [-0.1, -0.05) is 59.3 Å². The Balaban J connectivity index is 2.95. The third-order valence-electron chi connectivity index (χ3n) is 2.07. The van der Waals surface area contributed by atoms with Gasteiger partial charge in [0.05, 0.1) is 10.0 Å². The lowest BCUT2D eigenvalue weighted by Gasteiger charge is -2.23. The van der Waals surface area contributed by atoms with Gasteiger partial charge in [-0.2, -0.15) is 0 Å². The van der Waals surface area contributed by atoms with Gasteiger partial charge in [-0.15, -0.1) is 13.2 Å². The summed E-state index contributed by atoms with van der Waals surface area (Å²) in [5, 5.41) is 1.04. The van der Waals surface area contributed by atoms with Gasteiger partial charge >= 0.3 is 0 Å². The van der Waals surface area contributed by atoms with Crippen LogP contribution in [0.5, 0.6) is 0 Å². The fraction of sp³-hybridized carbons (Fsp3) is 0.154. The lowest BCUT2D eigenvalue weighted by molar-refractivity contribution is 1.17. The number of benzene rings is 1. The Bertz CT molecular complexity index is 460. The number of nitrogens with zero attached hydrogens (tertiary/aromatic N) is 1. The Hall–Kier alpha value is -0.480. The van der Waals surface area contributed by atoms with E-state index in [2.05, 4.69) is 13.2 Å². The van der Waals surface area contributed by atoms with Crippen LogP contribution in [-0.2, 0) is 0 Å². The standard InChI is InChI=1S/C13H13Cl2NS2/c1-3-7-16(13(17)18-8-4-2)10-5-6-11(14)12(15)9-10/h3-6,9H,1-2,7-8H2. The molecule has 5 heteroatoms. The maximum absolute atomic E-state index is 6.02. The molecule has 0 saturated carbocycles. The molecule has 0 bridgehead atoms. The number of anilines is 1. The maximum atomic E-state index is 6.02. The Labute approximate surface area is 127 Å². The van der Waals surface area contributed by atoms with E-state index in [0.717, 1.165) is 15.8 Å². The number of rotatable bonds is 5. The van der Waals surface area contributed by atoms with Gasteiger partial charge in [-0.05, 0) is 18.2 Å². The van der Waals surface area contributed by atoms with Crippen LogP contribution in [0.25, 0.3) is 0 Å². The molecular weight excluding hydrogens is 305 g/mol. The van der Waals surface area contributed by atoms with Crippen molar-refractivity contribution in [1.29, 1.82) is 0 Å². The zero-order valence-electron chi connectivity index (χ0n) is 9.73. The second-order valence-corrected chi connectivity index (χ2v) is 5.83. The van der Waals surface area contributed by atoms with Crippen molar-refractivity contribution in [1.82, 2.24) is 0 Å². The first-order chi connectivity index (χ1) is 8.60. The zero-order chi connectivity index (χ0) is 13.5. The molecule has 1 aromatic carbocycles. The largest absolute Gasteiger partial charge is 0.323 e. The first-order valence-electron chi connectivity index (χ1n) is 5.21. The van der Waals surface area contributed by atoms with Crippen molar-refractivity contribution in [3.8, 4) is 0 Å². The van der Waals surface area contributed by atoms with Crippen molar-refractivity contribution in [3.63, 3.8) is 0 Å². The number of thioether (sulfide) groups is 1. The summed E-state index contributed by atoms with van der Waals surface area (Å²) in [6.45, 7) is 8.04. The minimum Gasteiger partial charge on any atom is -0.323 e.